The monoisotopic (exact) mass is 418 g/mol. The maximum Gasteiger partial charge on any atom is 0.276 e. The number of nitrogens with zero attached hydrogens (tertiary/aromatic N) is 3. The lowest BCUT2D eigenvalue weighted by atomic mass is 10.1. The summed E-state index contributed by atoms with van der Waals surface area (Å²) in [6, 6.07) is 17.8. The number of rotatable bonds is 8. The molecule has 2 aromatic carbocycles. The van der Waals surface area contributed by atoms with Crippen LogP contribution in [0.15, 0.2) is 77.9 Å². The molecule has 0 saturated carbocycles. The maximum absolute atomic E-state index is 13.1. The van der Waals surface area contributed by atoms with Crippen molar-refractivity contribution in [2.75, 3.05) is 6.54 Å². The van der Waals surface area contributed by atoms with Gasteiger partial charge in [-0.3, -0.25) is 9.59 Å². The lowest BCUT2D eigenvalue weighted by molar-refractivity contribution is -0.121. The SMILES string of the molecule is O=C(CCn1ccn2nc(-c3ccc(F)cc3)cc2c1=O)NCCCc1ccccc1. The van der Waals surface area contributed by atoms with Gasteiger partial charge in [-0.15, -0.1) is 0 Å². The minimum Gasteiger partial charge on any atom is -0.356 e. The average Bonchev–Trinajstić information content (AvgIpc) is 3.23. The van der Waals surface area contributed by atoms with E-state index in [1.807, 2.05) is 18.2 Å². The highest BCUT2D eigenvalue weighted by atomic mass is 19.1. The highest BCUT2D eigenvalue weighted by molar-refractivity contribution is 5.75. The number of hydrogen-bond acceptors (Lipinski definition) is 3. The summed E-state index contributed by atoms with van der Waals surface area (Å²) >= 11 is 0. The Hall–Kier alpha value is -3.74. The highest BCUT2D eigenvalue weighted by Gasteiger charge is 2.10. The van der Waals surface area contributed by atoms with Gasteiger partial charge in [-0.05, 0) is 48.7 Å². The first-order chi connectivity index (χ1) is 15.1. The molecule has 2 aromatic heterocycles. The predicted octanol–water partition coefficient (Wildman–Crippen LogP) is 3.44. The largest absolute Gasteiger partial charge is 0.356 e. The van der Waals surface area contributed by atoms with Crippen LogP contribution in [0.3, 0.4) is 0 Å². The fourth-order valence-corrected chi connectivity index (χ4v) is 3.44. The van der Waals surface area contributed by atoms with E-state index in [9.17, 15) is 14.0 Å². The minimum atomic E-state index is -0.326. The summed E-state index contributed by atoms with van der Waals surface area (Å²) in [5.74, 6) is -0.409. The Morgan fingerprint density at radius 2 is 1.81 bits per heavy atom. The molecule has 2 heterocycles. The first-order valence-electron chi connectivity index (χ1n) is 10.3. The van der Waals surface area contributed by atoms with Gasteiger partial charge in [0.1, 0.15) is 11.3 Å². The Labute approximate surface area is 179 Å². The van der Waals surface area contributed by atoms with Crippen LogP contribution in [0, 0.1) is 5.82 Å². The molecule has 7 heteroatoms. The van der Waals surface area contributed by atoms with Crippen LogP contribution >= 0.6 is 0 Å². The third-order valence-corrected chi connectivity index (χ3v) is 5.13. The number of halogens is 1. The van der Waals surface area contributed by atoms with Crippen LogP contribution in [0.25, 0.3) is 16.8 Å². The van der Waals surface area contributed by atoms with E-state index in [0.717, 1.165) is 18.4 Å². The molecule has 6 nitrogen and oxygen atoms in total. The molecule has 0 saturated heterocycles. The van der Waals surface area contributed by atoms with Crippen LogP contribution in [0.5, 0.6) is 0 Å². The molecule has 158 valence electrons. The van der Waals surface area contributed by atoms with Crippen molar-refractivity contribution < 1.29 is 9.18 Å². The molecule has 0 bridgehead atoms. The Bertz CT molecular complexity index is 1230. The number of hydrogen-bond donors (Lipinski definition) is 1. The van der Waals surface area contributed by atoms with Crippen molar-refractivity contribution in [2.24, 2.45) is 0 Å². The van der Waals surface area contributed by atoms with Gasteiger partial charge in [0.25, 0.3) is 5.56 Å². The molecule has 4 rings (SSSR count). The summed E-state index contributed by atoms with van der Waals surface area (Å²) in [5, 5.41) is 7.29. The standard InChI is InChI=1S/C24H23FN4O2/c25-20-10-8-19(9-11-20)21-17-22-24(31)28(15-16-29(22)27-21)14-12-23(30)26-13-4-7-18-5-2-1-3-6-18/h1-3,5-6,8-11,15-17H,4,7,12-14H2,(H,26,30). The molecule has 1 amide bonds. The molecule has 31 heavy (non-hydrogen) atoms. The van der Waals surface area contributed by atoms with Crippen LogP contribution in [-0.4, -0.2) is 26.6 Å². The molecule has 0 radical (unpaired) electrons. The van der Waals surface area contributed by atoms with Crippen LogP contribution in [-0.2, 0) is 17.8 Å². The zero-order valence-corrected chi connectivity index (χ0v) is 17.0. The van der Waals surface area contributed by atoms with E-state index in [-0.39, 0.29) is 30.2 Å². The van der Waals surface area contributed by atoms with Crippen molar-refractivity contribution in [1.29, 1.82) is 0 Å². The third-order valence-electron chi connectivity index (χ3n) is 5.13. The number of carbonyl (C=O) groups excluding carboxylic acids is 1. The second-order valence-corrected chi connectivity index (χ2v) is 7.35. The summed E-state index contributed by atoms with van der Waals surface area (Å²) < 4.78 is 16.1. The molecule has 0 spiro atoms. The molecule has 0 atom stereocenters. The number of nitrogens with one attached hydrogen (secondary N) is 1. The van der Waals surface area contributed by atoms with E-state index in [2.05, 4.69) is 22.5 Å². The molecule has 4 aromatic rings. The Morgan fingerprint density at radius 1 is 1.03 bits per heavy atom. The molecule has 1 N–H and O–H groups in total. The molecule has 0 aliphatic rings. The number of aromatic nitrogens is 3. The third kappa shape index (κ3) is 5.06. The van der Waals surface area contributed by atoms with Gasteiger partial charge < -0.3 is 9.88 Å². The number of benzene rings is 2. The van der Waals surface area contributed by atoms with E-state index in [4.69, 9.17) is 0 Å². The summed E-state index contributed by atoms with van der Waals surface area (Å²) in [7, 11) is 0. The van der Waals surface area contributed by atoms with E-state index < -0.39 is 0 Å². The van der Waals surface area contributed by atoms with Gasteiger partial charge in [0.05, 0.1) is 5.69 Å². The van der Waals surface area contributed by atoms with Crippen molar-refractivity contribution in [3.8, 4) is 11.3 Å². The topological polar surface area (TPSA) is 68.4 Å². The van der Waals surface area contributed by atoms with Gasteiger partial charge in [0, 0.05) is 37.5 Å². The average molecular weight is 418 g/mol. The van der Waals surface area contributed by atoms with E-state index in [1.165, 1.54) is 26.8 Å². The normalized spacial score (nSPS) is 11.0. The van der Waals surface area contributed by atoms with Gasteiger partial charge in [0.2, 0.25) is 5.91 Å². The summed E-state index contributed by atoms with van der Waals surface area (Å²) in [4.78, 5) is 24.9. The van der Waals surface area contributed by atoms with Gasteiger partial charge in [-0.2, -0.15) is 5.10 Å². The van der Waals surface area contributed by atoms with Crippen molar-refractivity contribution in [3.05, 3.63) is 94.8 Å². The highest BCUT2D eigenvalue weighted by Crippen LogP contribution is 2.18. The lowest BCUT2D eigenvalue weighted by Crippen LogP contribution is -2.28. The van der Waals surface area contributed by atoms with Gasteiger partial charge in [-0.25, -0.2) is 8.91 Å². The predicted molar refractivity (Wildman–Crippen MR) is 117 cm³/mol. The van der Waals surface area contributed by atoms with Gasteiger partial charge in [0.15, 0.2) is 0 Å². The molecule has 0 aliphatic carbocycles. The molecule has 0 unspecified atom stereocenters. The quantitative estimate of drug-likeness (QED) is 0.446. The summed E-state index contributed by atoms with van der Waals surface area (Å²) in [6.45, 7) is 0.891. The molecule has 0 aliphatic heterocycles. The van der Waals surface area contributed by atoms with Crippen molar-refractivity contribution in [3.63, 3.8) is 0 Å². The van der Waals surface area contributed by atoms with Crippen LogP contribution in [0.4, 0.5) is 4.39 Å². The summed E-state index contributed by atoms with van der Waals surface area (Å²) in [6.07, 6.45) is 5.31. The summed E-state index contributed by atoms with van der Waals surface area (Å²) in [5.41, 5.74) is 2.75. The van der Waals surface area contributed by atoms with Crippen molar-refractivity contribution >= 4 is 11.4 Å². The van der Waals surface area contributed by atoms with E-state index in [0.29, 0.717) is 17.8 Å². The second kappa shape index (κ2) is 9.38. The Kier molecular flexibility index (Phi) is 6.21. The van der Waals surface area contributed by atoms with Gasteiger partial charge >= 0.3 is 0 Å². The van der Waals surface area contributed by atoms with Crippen LogP contribution < -0.4 is 10.9 Å². The fourth-order valence-electron chi connectivity index (χ4n) is 3.44. The van der Waals surface area contributed by atoms with E-state index in [1.54, 1.807) is 30.6 Å². The van der Waals surface area contributed by atoms with Crippen LogP contribution in [0.1, 0.15) is 18.4 Å². The number of amides is 1. The van der Waals surface area contributed by atoms with Crippen molar-refractivity contribution in [2.45, 2.75) is 25.8 Å². The number of aryl methyl sites for hydroxylation is 2. The maximum atomic E-state index is 13.1. The fraction of sp³-hybridized carbons (Fsp3) is 0.208. The number of carbonyl (C=O) groups is 1. The smallest absolute Gasteiger partial charge is 0.276 e. The zero-order valence-electron chi connectivity index (χ0n) is 17.0. The second-order valence-electron chi connectivity index (χ2n) is 7.35. The Morgan fingerprint density at radius 3 is 2.58 bits per heavy atom. The molecule has 0 fully saturated rings. The lowest BCUT2D eigenvalue weighted by Gasteiger charge is -2.07. The van der Waals surface area contributed by atoms with Crippen LogP contribution in [0.2, 0.25) is 0 Å². The molecular formula is C24H23FN4O2. The molecular weight excluding hydrogens is 395 g/mol. The van der Waals surface area contributed by atoms with Gasteiger partial charge in [-0.1, -0.05) is 30.3 Å². The zero-order chi connectivity index (χ0) is 21.6. The first kappa shape index (κ1) is 20.5. The van der Waals surface area contributed by atoms with E-state index >= 15 is 0 Å². The minimum absolute atomic E-state index is 0.0830. The number of fused-ring (bicyclic) bond motifs is 1. The van der Waals surface area contributed by atoms with Crippen molar-refractivity contribution in [1.82, 2.24) is 19.5 Å². The Balaban J connectivity index is 1.34. The first-order valence-corrected chi connectivity index (χ1v) is 10.3.